The number of nitrogens with one attached hydrogen (secondary N) is 1. The van der Waals surface area contributed by atoms with Crippen LogP contribution in [0.5, 0.6) is 0 Å². The fraction of sp³-hybridized carbons (Fsp3) is 0.625. The third-order valence-electron chi connectivity index (χ3n) is 1.48. The Balaban J connectivity index is 3.36. The highest BCUT2D eigenvalue weighted by atomic mass is 16.4. The minimum absolute atomic E-state index is 0.0339. The molecule has 0 heterocycles. The predicted octanol–water partition coefficient (Wildman–Crippen LogP) is -0.168. The van der Waals surface area contributed by atoms with E-state index in [-0.39, 0.29) is 18.7 Å². The van der Waals surface area contributed by atoms with E-state index in [0.717, 1.165) is 0 Å². The van der Waals surface area contributed by atoms with Gasteiger partial charge >= 0.3 is 11.9 Å². The van der Waals surface area contributed by atoms with E-state index in [4.69, 9.17) is 10.2 Å². The second kappa shape index (κ2) is 6.88. The molecule has 0 aliphatic rings. The summed E-state index contributed by atoms with van der Waals surface area (Å²) in [5.41, 5.74) is 0. The summed E-state index contributed by atoms with van der Waals surface area (Å²) in [7, 11) is 0. The van der Waals surface area contributed by atoms with Crippen molar-refractivity contribution >= 4 is 17.8 Å². The van der Waals surface area contributed by atoms with Gasteiger partial charge in [0.25, 0.3) is 0 Å². The minimum Gasteiger partial charge on any atom is -0.481 e. The first-order valence-corrected chi connectivity index (χ1v) is 4.22. The average molecular weight is 203 g/mol. The molecule has 0 aromatic heterocycles. The lowest BCUT2D eigenvalue weighted by Gasteiger charge is -2.00. The third kappa shape index (κ3) is 8.51. The third-order valence-corrected chi connectivity index (χ3v) is 1.48. The van der Waals surface area contributed by atoms with Crippen molar-refractivity contribution in [2.24, 2.45) is 0 Å². The van der Waals surface area contributed by atoms with Crippen LogP contribution in [-0.4, -0.2) is 34.6 Å². The summed E-state index contributed by atoms with van der Waals surface area (Å²) in [5.74, 6) is -2.35. The van der Waals surface area contributed by atoms with Gasteiger partial charge < -0.3 is 15.5 Å². The zero-order valence-electron chi connectivity index (χ0n) is 7.65. The van der Waals surface area contributed by atoms with E-state index in [1.807, 2.05) is 0 Å². The van der Waals surface area contributed by atoms with E-state index in [2.05, 4.69) is 5.32 Å². The van der Waals surface area contributed by atoms with Crippen molar-refractivity contribution in [1.82, 2.24) is 5.32 Å². The quantitative estimate of drug-likeness (QED) is 0.498. The van der Waals surface area contributed by atoms with Gasteiger partial charge in [-0.05, 0) is 12.8 Å². The van der Waals surface area contributed by atoms with Crippen LogP contribution in [0.1, 0.15) is 25.7 Å². The van der Waals surface area contributed by atoms with Crippen molar-refractivity contribution in [1.29, 1.82) is 0 Å². The summed E-state index contributed by atoms with van der Waals surface area (Å²) in [4.78, 5) is 31.0. The zero-order chi connectivity index (χ0) is 11.0. The standard InChI is InChI=1S/C8H13NO5/c10-6(9-5-8(13)14)3-1-2-4-7(11)12/h1-5H2,(H,9,10)(H,11,12)(H,13,14). The molecular weight excluding hydrogens is 190 g/mol. The summed E-state index contributed by atoms with van der Waals surface area (Å²) in [6.07, 6.45) is 1.08. The predicted molar refractivity (Wildman–Crippen MR) is 46.7 cm³/mol. The number of carbonyl (C=O) groups is 3. The van der Waals surface area contributed by atoms with Crippen LogP contribution in [0.25, 0.3) is 0 Å². The highest BCUT2D eigenvalue weighted by Crippen LogP contribution is 1.99. The molecule has 0 atom stereocenters. The van der Waals surface area contributed by atoms with Crippen molar-refractivity contribution in [3.05, 3.63) is 0 Å². The van der Waals surface area contributed by atoms with Crippen molar-refractivity contribution in [2.75, 3.05) is 6.54 Å². The number of amides is 1. The van der Waals surface area contributed by atoms with Gasteiger partial charge in [0.15, 0.2) is 0 Å². The largest absolute Gasteiger partial charge is 0.481 e. The van der Waals surface area contributed by atoms with Crippen LogP contribution >= 0.6 is 0 Å². The molecule has 0 rings (SSSR count). The summed E-state index contributed by atoms with van der Waals surface area (Å²) in [6, 6.07) is 0. The maximum Gasteiger partial charge on any atom is 0.322 e. The summed E-state index contributed by atoms with van der Waals surface area (Å²) >= 11 is 0. The zero-order valence-corrected chi connectivity index (χ0v) is 7.65. The number of hydrogen-bond acceptors (Lipinski definition) is 3. The normalized spacial score (nSPS) is 9.43. The summed E-state index contributed by atoms with van der Waals surface area (Å²) < 4.78 is 0. The fourth-order valence-electron chi connectivity index (χ4n) is 0.824. The number of hydrogen-bond donors (Lipinski definition) is 3. The first kappa shape index (κ1) is 12.4. The number of rotatable bonds is 7. The molecule has 0 bridgehead atoms. The van der Waals surface area contributed by atoms with E-state index in [9.17, 15) is 14.4 Å². The molecular formula is C8H13NO5. The van der Waals surface area contributed by atoms with Gasteiger partial charge in [0, 0.05) is 12.8 Å². The van der Waals surface area contributed by atoms with Crippen LogP contribution in [0.3, 0.4) is 0 Å². The second-order valence-corrected chi connectivity index (χ2v) is 2.77. The smallest absolute Gasteiger partial charge is 0.322 e. The number of carbonyl (C=O) groups excluding carboxylic acids is 1. The first-order chi connectivity index (χ1) is 6.52. The Morgan fingerprint density at radius 2 is 1.50 bits per heavy atom. The molecule has 0 spiro atoms. The molecule has 0 unspecified atom stereocenters. The average Bonchev–Trinajstić information content (AvgIpc) is 2.08. The molecule has 14 heavy (non-hydrogen) atoms. The fourth-order valence-corrected chi connectivity index (χ4v) is 0.824. The maximum atomic E-state index is 10.9. The van der Waals surface area contributed by atoms with Crippen LogP contribution in [0.15, 0.2) is 0 Å². The highest BCUT2D eigenvalue weighted by Gasteiger charge is 2.04. The Hall–Kier alpha value is -1.59. The van der Waals surface area contributed by atoms with Crippen LogP contribution in [0.2, 0.25) is 0 Å². The molecule has 3 N–H and O–H groups in total. The van der Waals surface area contributed by atoms with Crippen LogP contribution in [-0.2, 0) is 14.4 Å². The van der Waals surface area contributed by atoms with E-state index in [1.165, 1.54) is 0 Å². The van der Waals surface area contributed by atoms with Gasteiger partial charge in [-0.25, -0.2) is 0 Å². The highest BCUT2D eigenvalue weighted by molar-refractivity contribution is 5.81. The molecule has 0 aliphatic heterocycles. The molecule has 80 valence electrons. The lowest BCUT2D eigenvalue weighted by molar-refractivity contribution is -0.138. The van der Waals surface area contributed by atoms with Crippen molar-refractivity contribution < 1.29 is 24.6 Å². The molecule has 6 nitrogen and oxygen atoms in total. The molecule has 1 amide bonds. The van der Waals surface area contributed by atoms with E-state index >= 15 is 0 Å². The summed E-state index contributed by atoms with van der Waals surface area (Å²) in [5, 5.41) is 18.7. The van der Waals surface area contributed by atoms with Gasteiger partial charge in [-0.1, -0.05) is 0 Å². The molecule has 0 aliphatic carbocycles. The van der Waals surface area contributed by atoms with E-state index in [1.54, 1.807) is 0 Å². The topological polar surface area (TPSA) is 104 Å². The van der Waals surface area contributed by atoms with Gasteiger partial charge in [-0.3, -0.25) is 14.4 Å². The Labute approximate surface area is 80.9 Å². The number of carboxylic acid groups (broad SMARTS) is 2. The molecule has 0 aromatic rings. The van der Waals surface area contributed by atoms with Gasteiger partial charge in [-0.15, -0.1) is 0 Å². The van der Waals surface area contributed by atoms with Gasteiger partial charge in [0.1, 0.15) is 6.54 Å². The monoisotopic (exact) mass is 203 g/mol. The second-order valence-electron chi connectivity index (χ2n) is 2.77. The summed E-state index contributed by atoms with van der Waals surface area (Å²) in [6.45, 7) is -0.391. The Morgan fingerprint density at radius 1 is 0.929 bits per heavy atom. The maximum absolute atomic E-state index is 10.9. The Bertz CT molecular complexity index is 226. The van der Waals surface area contributed by atoms with E-state index in [0.29, 0.717) is 12.8 Å². The van der Waals surface area contributed by atoms with Gasteiger partial charge in [0.05, 0.1) is 0 Å². The Morgan fingerprint density at radius 3 is 2.00 bits per heavy atom. The molecule has 6 heteroatoms. The first-order valence-electron chi connectivity index (χ1n) is 4.22. The molecule has 0 saturated heterocycles. The van der Waals surface area contributed by atoms with Gasteiger partial charge in [0.2, 0.25) is 5.91 Å². The van der Waals surface area contributed by atoms with E-state index < -0.39 is 18.5 Å². The lowest BCUT2D eigenvalue weighted by Crippen LogP contribution is -2.28. The molecule has 0 aromatic carbocycles. The molecule has 0 saturated carbocycles. The molecule has 0 fully saturated rings. The van der Waals surface area contributed by atoms with Crippen molar-refractivity contribution in [3.8, 4) is 0 Å². The number of carboxylic acids is 2. The lowest BCUT2D eigenvalue weighted by atomic mass is 10.2. The van der Waals surface area contributed by atoms with Crippen LogP contribution < -0.4 is 5.32 Å². The number of unbranched alkanes of at least 4 members (excludes halogenated alkanes) is 1. The van der Waals surface area contributed by atoms with Gasteiger partial charge in [-0.2, -0.15) is 0 Å². The van der Waals surface area contributed by atoms with Crippen molar-refractivity contribution in [2.45, 2.75) is 25.7 Å². The Kier molecular flexibility index (Phi) is 6.09. The number of aliphatic carboxylic acids is 2. The molecule has 0 radical (unpaired) electrons. The van der Waals surface area contributed by atoms with Crippen molar-refractivity contribution in [3.63, 3.8) is 0 Å². The van der Waals surface area contributed by atoms with Crippen LogP contribution in [0, 0.1) is 0 Å². The minimum atomic E-state index is -1.09. The van der Waals surface area contributed by atoms with Crippen LogP contribution in [0.4, 0.5) is 0 Å². The SMILES string of the molecule is O=C(O)CCCCC(=O)NCC(=O)O.